The zero-order valence-corrected chi connectivity index (χ0v) is 9.45. The maximum Gasteiger partial charge on any atom is 0.0798 e. The second kappa shape index (κ2) is 5.35. The van der Waals surface area contributed by atoms with Crippen LogP contribution in [0.25, 0.3) is 0 Å². The minimum Gasteiger partial charge on any atom is -0.309 e. The normalized spacial score (nSPS) is 13.2. The lowest BCUT2D eigenvalue weighted by molar-refractivity contribution is 0.523. The Morgan fingerprint density at radius 3 is 2.77 bits per heavy atom. The van der Waals surface area contributed by atoms with Crippen molar-refractivity contribution in [1.82, 2.24) is 10.3 Å². The summed E-state index contributed by atoms with van der Waals surface area (Å²) < 4.78 is 0. The van der Waals surface area contributed by atoms with Crippen LogP contribution in [0.3, 0.4) is 0 Å². The van der Waals surface area contributed by atoms with E-state index >= 15 is 0 Å². The van der Waals surface area contributed by atoms with Crippen LogP contribution in [0.4, 0.5) is 0 Å². The standard InChI is InChI=1S/C10H18N2S/c1-4-6-11-9(5-2)10-8(3)12-7-13-10/h7,9,11H,4-6H2,1-3H3. The summed E-state index contributed by atoms with van der Waals surface area (Å²) in [5, 5.41) is 3.53. The molecule has 2 nitrogen and oxygen atoms in total. The van der Waals surface area contributed by atoms with Crippen molar-refractivity contribution in [2.24, 2.45) is 0 Å². The van der Waals surface area contributed by atoms with Crippen LogP contribution in [0.5, 0.6) is 0 Å². The molecular formula is C10H18N2S. The highest BCUT2D eigenvalue weighted by atomic mass is 32.1. The minimum atomic E-state index is 0.507. The molecule has 1 aromatic rings. The van der Waals surface area contributed by atoms with Gasteiger partial charge in [0.25, 0.3) is 0 Å². The minimum absolute atomic E-state index is 0.507. The topological polar surface area (TPSA) is 24.9 Å². The quantitative estimate of drug-likeness (QED) is 0.787. The van der Waals surface area contributed by atoms with Crippen LogP contribution in [-0.4, -0.2) is 11.5 Å². The monoisotopic (exact) mass is 198 g/mol. The highest BCUT2D eigenvalue weighted by Crippen LogP contribution is 2.23. The molecule has 0 spiro atoms. The largest absolute Gasteiger partial charge is 0.309 e. The first kappa shape index (κ1) is 10.7. The first-order valence-electron chi connectivity index (χ1n) is 4.92. The Kier molecular flexibility index (Phi) is 4.39. The van der Waals surface area contributed by atoms with Gasteiger partial charge in [0.15, 0.2) is 0 Å². The van der Waals surface area contributed by atoms with Crippen molar-refractivity contribution in [3.63, 3.8) is 0 Å². The summed E-state index contributed by atoms with van der Waals surface area (Å²) in [4.78, 5) is 5.67. The molecule has 1 aromatic heterocycles. The highest BCUT2D eigenvalue weighted by molar-refractivity contribution is 7.09. The summed E-state index contributed by atoms with van der Waals surface area (Å²) in [5.74, 6) is 0. The second-order valence-corrected chi connectivity index (χ2v) is 4.10. The lowest BCUT2D eigenvalue weighted by Crippen LogP contribution is -2.21. The molecule has 0 amide bonds. The Labute approximate surface area is 84.4 Å². The number of thiazole rings is 1. The second-order valence-electron chi connectivity index (χ2n) is 3.22. The van der Waals surface area contributed by atoms with E-state index in [4.69, 9.17) is 0 Å². The average Bonchev–Trinajstić information content (AvgIpc) is 2.54. The summed E-state index contributed by atoms with van der Waals surface area (Å²) in [6.07, 6.45) is 2.33. The van der Waals surface area contributed by atoms with Gasteiger partial charge in [-0.05, 0) is 26.3 Å². The van der Waals surface area contributed by atoms with Crippen molar-refractivity contribution < 1.29 is 0 Å². The molecule has 1 N–H and O–H groups in total. The zero-order valence-electron chi connectivity index (χ0n) is 8.63. The van der Waals surface area contributed by atoms with E-state index in [-0.39, 0.29) is 0 Å². The molecule has 1 atom stereocenters. The summed E-state index contributed by atoms with van der Waals surface area (Å²) in [5.41, 5.74) is 3.11. The Morgan fingerprint density at radius 1 is 1.54 bits per heavy atom. The summed E-state index contributed by atoms with van der Waals surface area (Å²) >= 11 is 1.76. The molecule has 0 aliphatic rings. The van der Waals surface area contributed by atoms with Crippen molar-refractivity contribution in [2.75, 3.05) is 6.54 Å². The van der Waals surface area contributed by atoms with Gasteiger partial charge in [0, 0.05) is 10.9 Å². The molecule has 0 bridgehead atoms. The molecule has 3 heteroatoms. The van der Waals surface area contributed by atoms with Crippen LogP contribution in [-0.2, 0) is 0 Å². The number of nitrogens with one attached hydrogen (secondary N) is 1. The third kappa shape index (κ3) is 2.78. The van der Waals surface area contributed by atoms with Crippen LogP contribution in [0.15, 0.2) is 5.51 Å². The lowest BCUT2D eigenvalue weighted by Gasteiger charge is -2.15. The van der Waals surface area contributed by atoms with Gasteiger partial charge < -0.3 is 5.32 Å². The van der Waals surface area contributed by atoms with Crippen molar-refractivity contribution in [1.29, 1.82) is 0 Å². The van der Waals surface area contributed by atoms with E-state index in [1.165, 1.54) is 17.0 Å². The first-order valence-corrected chi connectivity index (χ1v) is 5.80. The van der Waals surface area contributed by atoms with Crippen molar-refractivity contribution in [3.8, 4) is 0 Å². The van der Waals surface area contributed by atoms with E-state index in [0.29, 0.717) is 6.04 Å². The first-order chi connectivity index (χ1) is 6.29. The fraction of sp³-hybridized carbons (Fsp3) is 0.700. The van der Waals surface area contributed by atoms with Crippen molar-refractivity contribution in [2.45, 2.75) is 39.7 Å². The third-order valence-electron chi connectivity index (χ3n) is 2.15. The molecule has 0 fully saturated rings. The van der Waals surface area contributed by atoms with Gasteiger partial charge in [-0.1, -0.05) is 13.8 Å². The van der Waals surface area contributed by atoms with E-state index in [2.05, 4.69) is 31.1 Å². The van der Waals surface area contributed by atoms with Gasteiger partial charge in [-0.25, -0.2) is 4.98 Å². The van der Waals surface area contributed by atoms with E-state index in [1.807, 2.05) is 5.51 Å². The number of rotatable bonds is 5. The number of aryl methyl sites for hydroxylation is 1. The SMILES string of the molecule is CCCNC(CC)c1scnc1C. The van der Waals surface area contributed by atoms with E-state index < -0.39 is 0 Å². The third-order valence-corrected chi connectivity index (χ3v) is 3.19. The van der Waals surface area contributed by atoms with Crippen LogP contribution >= 0.6 is 11.3 Å². The average molecular weight is 198 g/mol. The molecule has 0 saturated carbocycles. The summed E-state index contributed by atoms with van der Waals surface area (Å²) in [6, 6.07) is 0.507. The van der Waals surface area contributed by atoms with Crippen LogP contribution in [0, 0.1) is 6.92 Å². The Bertz CT molecular complexity index is 245. The van der Waals surface area contributed by atoms with Crippen LogP contribution in [0.2, 0.25) is 0 Å². The molecule has 0 saturated heterocycles. The van der Waals surface area contributed by atoms with Gasteiger partial charge in [0.2, 0.25) is 0 Å². The zero-order chi connectivity index (χ0) is 9.68. The van der Waals surface area contributed by atoms with Gasteiger partial charge in [-0.15, -0.1) is 11.3 Å². The van der Waals surface area contributed by atoms with Gasteiger partial charge in [-0.2, -0.15) is 0 Å². The predicted molar refractivity (Wildman–Crippen MR) is 58.2 cm³/mol. The molecule has 1 unspecified atom stereocenters. The smallest absolute Gasteiger partial charge is 0.0798 e. The number of nitrogens with zero attached hydrogens (tertiary/aromatic N) is 1. The van der Waals surface area contributed by atoms with Crippen molar-refractivity contribution in [3.05, 3.63) is 16.1 Å². The molecule has 0 aliphatic heterocycles. The van der Waals surface area contributed by atoms with Crippen LogP contribution < -0.4 is 5.32 Å². The Balaban J connectivity index is 2.61. The summed E-state index contributed by atoms with van der Waals surface area (Å²) in [6.45, 7) is 7.59. The van der Waals surface area contributed by atoms with Crippen molar-refractivity contribution >= 4 is 11.3 Å². The van der Waals surface area contributed by atoms with Gasteiger partial charge in [0.1, 0.15) is 0 Å². The maximum atomic E-state index is 4.27. The molecule has 1 heterocycles. The summed E-state index contributed by atoms with van der Waals surface area (Å²) in [7, 11) is 0. The predicted octanol–water partition coefficient (Wildman–Crippen LogP) is 2.90. The van der Waals surface area contributed by atoms with Gasteiger partial charge in [0.05, 0.1) is 11.2 Å². The van der Waals surface area contributed by atoms with Crippen LogP contribution in [0.1, 0.15) is 43.3 Å². The van der Waals surface area contributed by atoms with E-state index in [1.54, 1.807) is 11.3 Å². The van der Waals surface area contributed by atoms with E-state index in [9.17, 15) is 0 Å². The molecule has 0 aromatic carbocycles. The fourth-order valence-corrected chi connectivity index (χ4v) is 2.35. The Hall–Kier alpha value is -0.410. The molecular weight excluding hydrogens is 180 g/mol. The molecule has 0 aliphatic carbocycles. The Morgan fingerprint density at radius 2 is 2.31 bits per heavy atom. The van der Waals surface area contributed by atoms with Gasteiger partial charge >= 0.3 is 0 Å². The number of hydrogen-bond acceptors (Lipinski definition) is 3. The molecule has 13 heavy (non-hydrogen) atoms. The fourth-order valence-electron chi connectivity index (χ4n) is 1.39. The molecule has 74 valence electrons. The highest BCUT2D eigenvalue weighted by Gasteiger charge is 2.12. The number of hydrogen-bond donors (Lipinski definition) is 1. The lowest BCUT2D eigenvalue weighted by atomic mass is 10.1. The van der Waals surface area contributed by atoms with E-state index in [0.717, 1.165) is 13.0 Å². The van der Waals surface area contributed by atoms with Gasteiger partial charge in [-0.3, -0.25) is 0 Å². The number of aromatic nitrogens is 1. The molecule has 0 radical (unpaired) electrons. The molecule has 1 rings (SSSR count). The maximum absolute atomic E-state index is 4.27.